The average molecular weight is 304 g/mol. The van der Waals surface area contributed by atoms with E-state index in [2.05, 4.69) is 9.97 Å². The molecule has 1 fully saturated rings. The topological polar surface area (TPSA) is 49.3 Å². The van der Waals surface area contributed by atoms with Crippen molar-refractivity contribution >= 4 is 5.91 Å². The minimum absolute atomic E-state index is 0.113. The smallest absolute Gasteiger partial charge is 0.239 e. The fraction of sp³-hybridized carbons (Fsp3) is 0.706. The predicted molar refractivity (Wildman–Crippen MR) is 87.5 cm³/mol. The summed E-state index contributed by atoms with van der Waals surface area (Å²) in [6.07, 6.45) is 10.2. The first-order valence-electron chi connectivity index (χ1n) is 8.21. The fourth-order valence-corrected chi connectivity index (χ4v) is 3.01. The molecule has 5 heteroatoms. The van der Waals surface area contributed by atoms with E-state index in [1.165, 1.54) is 32.1 Å². The maximum atomic E-state index is 12.0. The maximum Gasteiger partial charge on any atom is 0.239 e. The molecular formula is C17H28N4O. The van der Waals surface area contributed by atoms with Crippen LogP contribution in [0.15, 0.2) is 12.4 Å². The molecule has 1 amide bonds. The van der Waals surface area contributed by atoms with Gasteiger partial charge in [-0.1, -0.05) is 19.3 Å². The van der Waals surface area contributed by atoms with E-state index < -0.39 is 0 Å². The van der Waals surface area contributed by atoms with Crippen LogP contribution in [0.5, 0.6) is 0 Å². The van der Waals surface area contributed by atoms with Gasteiger partial charge in [0.25, 0.3) is 0 Å². The van der Waals surface area contributed by atoms with Gasteiger partial charge in [-0.3, -0.25) is 9.69 Å². The molecule has 2 rings (SSSR count). The standard InChI is InChI=1S/C17H28N4O/c1-13(17(22)20(2)3)21(4)12-14-10-18-16(19-11-14)15-8-6-5-7-9-15/h10-11,13,15H,5-9,12H2,1-4H3/t13-/m1/s1. The Bertz CT molecular complexity index is 480. The Morgan fingerprint density at radius 1 is 1.18 bits per heavy atom. The van der Waals surface area contributed by atoms with Crippen molar-refractivity contribution < 1.29 is 4.79 Å². The van der Waals surface area contributed by atoms with Crippen molar-refractivity contribution in [3.8, 4) is 0 Å². The summed E-state index contributed by atoms with van der Waals surface area (Å²) in [6.45, 7) is 2.62. The van der Waals surface area contributed by atoms with Crippen molar-refractivity contribution in [1.82, 2.24) is 19.8 Å². The zero-order valence-electron chi connectivity index (χ0n) is 14.2. The SMILES string of the molecule is C[C@H](C(=O)N(C)C)N(C)Cc1cnc(C2CCCCC2)nc1. The van der Waals surface area contributed by atoms with E-state index in [0.717, 1.165) is 11.4 Å². The van der Waals surface area contributed by atoms with Crippen LogP contribution in [0.2, 0.25) is 0 Å². The molecule has 1 saturated carbocycles. The summed E-state index contributed by atoms with van der Waals surface area (Å²) in [5.74, 6) is 1.64. The Hall–Kier alpha value is -1.49. The number of rotatable bonds is 5. The lowest BCUT2D eigenvalue weighted by molar-refractivity contribution is -0.133. The predicted octanol–water partition coefficient (Wildman–Crippen LogP) is 2.43. The number of carbonyl (C=O) groups is 1. The highest BCUT2D eigenvalue weighted by Crippen LogP contribution is 2.30. The van der Waals surface area contributed by atoms with Gasteiger partial charge in [-0.15, -0.1) is 0 Å². The lowest BCUT2D eigenvalue weighted by Gasteiger charge is -2.26. The molecule has 22 heavy (non-hydrogen) atoms. The summed E-state index contributed by atoms with van der Waals surface area (Å²) in [7, 11) is 5.53. The van der Waals surface area contributed by atoms with Gasteiger partial charge in [0, 0.05) is 44.5 Å². The molecule has 0 radical (unpaired) electrons. The number of hydrogen-bond donors (Lipinski definition) is 0. The van der Waals surface area contributed by atoms with Crippen molar-refractivity contribution in [1.29, 1.82) is 0 Å². The summed E-state index contributed by atoms with van der Waals surface area (Å²) in [4.78, 5) is 24.8. The van der Waals surface area contributed by atoms with E-state index in [9.17, 15) is 4.79 Å². The number of hydrogen-bond acceptors (Lipinski definition) is 4. The van der Waals surface area contributed by atoms with Crippen LogP contribution in [-0.2, 0) is 11.3 Å². The van der Waals surface area contributed by atoms with Crippen LogP contribution in [0.1, 0.15) is 56.3 Å². The quantitative estimate of drug-likeness (QED) is 0.838. The van der Waals surface area contributed by atoms with Crippen LogP contribution in [0.3, 0.4) is 0 Å². The summed E-state index contributed by atoms with van der Waals surface area (Å²) >= 11 is 0. The molecule has 1 aromatic heterocycles. The molecule has 5 nitrogen and oxygen atoms in total. The number of aromatic nitrogens is 2. The second kappa shape index (κ2) is 7.68. The van der Waals surface area contributed by atoms with Gasteiger partial charge in [0.15, 0.2) is 0 Å². The highest BCUT2D eigenvalue weighted by molar-refractivity contribution is 5.80. The Balaban J connectivity index is 1.94. The van der Waals surface area contributed by atoms with Crippen LogP contribution in [0.4, 0.5) is 0 Å². The van der Waals surface area contributed by atoms with Crippen LogP contribution in [-0.4, -0.2) is 52.9 Å². The summed E-state index contributed by atoms with van der Waals surface area (Å²) in [6, 6.07) is -0.145. The molecule has 0 spiro atoms. The highest BCUT2D eigenvalue weighted by Gasteiger charge is 2.21. The molecule has 1 aliphatic carbocycles. The third-order valence-electron chi connectivity index (χ3n) is 4.59. The Kier molecular flexibility index (Phi) is 5.89. The van der Waals surface area contributed by atoms with Crippen molar-refractivity contribution in [3.05, 3.63) is 23.8 Å². The third-order valence-corrected chi connectivity index (χ3v) is 4.59. The average Bonchev–Trinajstić information content (AvgIpc) is 2.54. The number of nitrogens with zero attached hydrogens (tertiary/aromatic N) is 4. The Labute approximate surface area is 133 Å². The van der Waals surface area contributed by atoms with Gasteiger partial charge in [0.1, 0.15) is 5.82 Å². The number of carbonyl (C=O) groups excluding carboxylic acids is 1. The summed E-state index contributed by atoms with van der Waals surface area (Å²) in [5, 5.41) is 0. The van der Waals surface area contributed by atoms with Crippen LogP contribution >= 0.6 is 0 Å². The number of amides is 1. The van der Waals surface area contributed by atoms with Crippen LogP contribution in [0.25, 0.3) is 0 Å². The third kappa shape index (κ3) is 4.26. The molecule has 1 aromatic rings. The molecule has 1 heterocycles. The van der Waals surface area contributed by atoms with E-state index in [-0.39, 0.29) is 11.9 Å². The fourth-order valence-electron chi connectivity index (χ4n) is 3.01. The second-order valence-electron chi connectivity index (χ2n) is 6.61. The van der Waals surface area contributed by atoms with Gasteiger partial charge in [0.2, 0.25) is 5.91 Å². The molecule has 0 aromatic carbocycles. The molecule has 1 atom stereocenters. The number of likely N-dealkylation sites (N-methyl/N-ethyl adjacent to an activating group) is 2. The van der Waals surface area contributed by atoms with Gasteiger partial charge in [-0.05, 0) is 26.8 Å². The first-order chi connectivity index (χ1) is 10.5. The lowest BCUT2D eigenvalue weighted by atomic mass is 9.89. The molecule has 0 unspecified atom stereocenters. The normalized spacial score (nSPS) is 17.5. The first kappa shape index (κ1) is 16.9. The van der Waals surface area contributed by atoms with Crippen molar-refractivity contribution in [2.24, 2.45) is 0 Å². The van der Waals surface area contributed by atoms with Gasteiger partial charge >= 0.3 is 0 Å². The van der Waals surface area contributed by atoms with Crippen LogP contribution in [0, 0.1) is 0 Å². The lowest BCUT2D eigenvalue weighted by Crippen LogP contribution is -2.42. The van der Waals surface area contributed by atoms with E-state index in [1.54, 1.807) is 19.0 Å². The largest absolute Gasteiger partial charge is 0.347 e. The first-order valence-corrected chi connectivity index (χ1v) is 8.21. The van der Waals surface area contributed by atoms with Gasteiger partial charge in [-0.25, -0.2) is 9.97 Å². The van der Waals surface area contributed by atoms with Crippen molar-refractivity contribution in [2.75, 3.05) is 21.1 Å². The molecule has 0 saturated heterocycles. The minimum atomic E-state index is -0.145. The van der Waals surface area contributed by atoms with Crippen LogP contribution < -0.4 is 0 Å². The van der Waals surface area contributed by atoms with E-state index in [4.69, 9.17) is 0 Å². The monoisotopic (exact) mass is 304 g/mol. The maximum absolute atomic E-state index is 12.0. The molecular weight excluding hydrogens is 276 g/mol. The summed E-state index contributed by atoms with van der Waals surface area (Å²) < 4.78 is 0. The van der Waals surface area contributed by atoms with E-state index >= 15 is 0 Å². The zero-order valence-corrected chi connectivity index (χ0v) is 14.2. The molecule has 1 aliphatic rings. The Morgan fingerprint density at radius 2 is 1.77 bits per heavy atom. The van der Waals surface area contributed by atoms with Gasteiger partial charge < -0.3 is 4.90 Å². The minimum Gasteiger partial charge on any atom is -0.347 e. The van der Waals surface area contributed by atoms with Crippen molar-refractivity contribution in [3.63, 3.8) is 0 Å². The van der Waals surface area contributed by atoms with Gasteiger partial charge in [-0.2, -0.15) is 0 Å². The summed E-state index contributed by atoms with van der Waals surface area (Å²) in [5.41, 5.74) is 1.06. The highest BCUT2D eigenvalue weighted by atomic mass is 16.2. The van der Waals surface area contributed by atoms with E-state index in [1.807, 2.05) is 31.3 Å². The molecule has 0 aliphatic heterocycles. The second-order valence-corrected chi connectivity index (χ2v) is 6.61. The van der Waals surface area contributed by atoms with E-state index in [0.29, 0.717) is 12.5 Å². The zero-order chi connectivity index (χ0) is 16.1. The van der Waals surface area contributed by atoms with Gasteiger partial charge in [0.05, 0.1) is 6.04 Å². The Morgan fingerprint density at radius 3 is 2.32 bits per heavy atom. The molecule has 0 bridgehead atoms. The molecule has 0 N–H and O–H groups in total. The van der Waals surface area contributed by atoms with Crippen molar-refractivity contribution in [2.45, 2.75) is 57.5 Å². The molecule has 122 valence electrons.